The van der Waals surface area contributed by atoms with Gasteiger partial charge >= 0.3 is 5.97 Å². The van der Waals surface area contributed by atoms with Crippen molar-refractivity contribution in [2.45, 2.75) is 52.7 Å². The van der Waals surface area contributed by atoms with E-state index in [0.29, 0.717) is 29.7 Å². The molecule has 1 N–H and O–H groups in total. The van der Waals surface area contributed by atoms with E-state index in [1.165, 1.54) is 0 Å². The van der Waals surface area contributed by atoms with E-state index in [9.17, 15) is 14.7 Å². The van der Waals surface area contributed by atoms with Gasteiger partial charge in [0.1, 0.15) is 18.2 Å². The smallest absolute Gasteiger partial charge is 0.336 e. The van der Waals surface area contributed by atoms with Gasteiger partial charge in [0.2, 0.25) is 0 Å². The number of benzene rings is 3. The average molecular weight is 497 g/mol. The molecule has 0 saturated heterocycles. The first-order chi connectivity index (χ1) is 17.9. The molecule has 0 spiro atoms. The zero-order valence-corrected chi connectivity index (χ0v) is 21.4. The first-order valence-electron chi connectivity index (χ1n) is 12.6. The lowest BCUT2D eigenvalue weighted by molar-refractivity contribution is 0.0694. The number of allylic oxidation sites excluding steroid dienone is 1. The number of aromatic nitrogens is 2. The summed E-state index contributed by atoms with van der Waals surface area (Å²) in [6.07, 6.45) is 5.09. The van der Waals surface area contributed by atoms with Crippen LogP contribution in [0.3, 0.4) is 0 Å². The molecule has 0 unspecified atom stereocenters. The molecule has 3 aromatic carbocycles. The summed E-state index contributed by atoms with van der Waals surface area (Å²) in [5.74, 6) is 0.470. The molecule has 37 heavy (non-hydrogen) atoms. The average Bonchev–Trinajstić information content (AvgIpc) is 2.89. The Kier molecular flexibility index (Phi) is 8.18. The Balaban J connectivity index is 1.66. The first-order valence-corrected chi connectivity index (χ1v) is 12.6. The van der Waals surface area contributed by atoms with Crippen LogP contribution in [0.2, 0.25) is 0 Å². The monoisotopic (exact) mass is 496 g/mol. The van der Waals surface area contributed by atoms with Gasteiger partial charge in [-0.05, 0) is 55.2 Å². The summed E-state index contributed by atoms with van der Waals surface area (Å²) in [6.45, 7) is 8.52. The molecule has 1 aromatic heterocycles. The van der Waals surface area contributed by atoms with E-state index in [1.54, 1.807) is 34.9 Å². The van der Waals surface area contributed by atoms with Gasteiger partial charge in [-0.15, -0.1) is 6.58 Å². The van der Waals surface area contributed by atoms with Crippen molar-refractivity contribution in [2.24, 2.45) is 0 Å². The summed E-state index contributed by atoms with van der Waals surface area (Å²) >= 11 is 0. The standard InChI is InChI=1S/C31H32N2O4/c1-4-6-12-29-32-27-15-13-21(3)17-26(27)30(34)33(29)19-22-14-16-28(23(18-22)9-5-2)37-20-24-10-7-8-11-25(24)31(35)36/h5,7-8,10-11,13-18H,2,4,6,9,12,19-20H2,1,3H3,(H,35,36). The van der Waals surface area contributed by atoms with E-state index >= 15 is 0 Å². The van der Waals surface area contributed by atoms with Gasteiger partial charge in [-0.3, -0.25) is 9.36 Å². The van der Waals surface area contributed by atoms with E-state index in [1.807, 2.05) is 43.3 Å². The summed E-state index contributed by atoms with van der Waals surface area (Å²) in [5.41, 5.74) is 4.44. The second kappa shape index (κ2) is 11.7. The highest BCUT2D eigenvalue weighted by molar-refractivity contribution is 5.89. The predicted octanol–water partition coefficient (Wildman–Crippen LogP) is 6.10. The second-order valence-electron chi connectivity index (χ2n) is 9.23. The Morgan fingerprint density at radius 2 is 1.92 bits per heavy atom. The van der Waals surface area contributed by atoms with Crippen molar-refractivity contribution in [2.75, 3.05) is 0 Å². The number of fused-ring (bicyclic) bond motifs is 1. The van der Waals surface area contributed by atoms with Crippen molar-refractivity contribution in [3.05, 3.63) is 117 Å². The van der Waals surface area contributed by atoms with Gasteiger partial charge in [-0.1, -0.05) is 61.4 Å². The lowest BCUT2D eigenvalue weighted by Crippen LogP contribution is -2.26. The fourth-order valence-corrected chi connectivity index (χ4v) is 4.45. The van der Waals surface area contributed by atoms with Crippen molar-refractivity contribution < 1.29 is 14.6 Å². The zero-order chi connectivity index (χ0) is 26.4. The van der Waals surface area contributed by atoms with Gasteiger partial charge < -0.3 is 9.84 Å². The van der Waals surface area contributed by atoms with Crippen LogP contribution < -0.4 is 10.3 Å². The summed E-state index contributed by atoms with van der Waals surface area (Å²) in [4.78, 5) is 29.9. The molecule has 0 bridgehead atoms. The number of carboxylic acid groups (broad SMARTS) is 1. The lowest BCUT2D eigenvalue weighted by Gasteiger charge is -2.16. The van der Waals surface area contributed by atoms with Crippen molar-refractivity contribution >= 4 is 16.9 Å². The molecule has 4 aromatic rings. The van der Waals surface area contributed by atoms with Crippen LogP contribution in [0.4, 0.5) is 0 Å². The molecule has 0 aliphatic rings. The molecule has 0 aliphatic carbocycles. The summed E-state index contributed by atoms with van der Waals surface area (Å²) in [5, 5.41) is 10.1. The third-order valence-electron chi connectivity index (χ3n) is 6.40. The van der Waals surface area contributed by atoms with Crippen LogP contribution in [-0.4, -0.2) is 20.6 Å². The van der Waals surface area contributed by atoms with Crippen molar-refractivity contribution in [1.82, 2.24) is 9.55 Å². The fraction of sp³-hybridized carbons (Fsp3) is 0.258. The van der Waals surface area contributed by atoms with Gasteiger partial charge in [0.15, 0.2) is 0 Å². The van der Waals surface area contributed by atoms with Gasteiger partial charge in [-0.25, -0.2) is 9.78 Å². The highest BCUT2D eigenvalue weighted by Gasteiger charge is 2.14. The third kappa shape index (κ3) is 5.97. The molecule has 0 saturated carbocycles. The minimum absolute atomic E-state index is 0.0318. The van der Waals surface area contributed by atoms with E-state index in [0.717, 1.165) is 47.3 Å². The number of carbonyl (C=O) groups is 1. The molecular weight excluding hydrogens is 464 g/mol. The lowest BCUT2D eigenvalue weighted by atomic mass is 10.1. The molecular formula is C31H32N2O4. The van der Waals surface area contributed by atoms with Gasteiger partial charge in [0.25, 0.3) is 5.56 Å². The van der Waals surface area contributed by atoms with Crippen LogP contribution in [0.1, 0.15) is 58.2 Å². The third-order valence-corrected chi connectivity index (χ3v) is 6.40. The minimum Gasteiger partial charge on any atom is -0.489 e. The van der Waals surface area contributed by atoms with Crippen LogP contribution in [0.25, 0.3) is 10.9 Å². The van der Waals surface area contributed by atoms with E-state index < -0.39 is 5.97 Å². The van der Waals surface area contributed by atoms with E-state index in [2.05, 4.69) is 13.5 Å². The highest BCUT2D eigenvalue weighted by atomic mass is 16.5. The number of nitrogens with zero attached hydrogens (tertiary/aromatic N) is 2. The van der Waals surface area contributed by atoms with E-state index in [4.69, 9.17) is 9.72 Å². The minimum atomic E-state index is -0.982. The van der Waals surface area contributed by atoms with Crippen LogP contribution in [0.5, 0.6) is 5.75 Å². The highest BCUT2D eigenvalue weighted by Crippen LogP contribution is 2.24. The number of rotatable bonds is 11. The number of hydrogen-bond donors (Lipinski definition) is 1. The zero-order valence-electron chi connectivity index (χ0n) is 21.4. The van der Waals surface area contributed by atoms with Crippen molar-refractivity contribution in [3.8, 4) is 5.75 Å². The number of carboxylic acids is 1. The largest absolute Gasteiger partial charge is 0.489 e. The predicted molar refractivity (Wildman–Crippen MR) is 147 cm³/mol. The number of hydrogen-bond acceptors (Lipinski definition) is 4. The van der Waals surface area contributed by atoms with Crippen LogP contribution >= 0.6 is 0 Å². The normalized spacial score (nSPS) is 11.0. The topological polar surface area (TPSA) is 81.4 Å². The molecule has 4 rings (SSSR count). The Bertz CT molecular complexity index is 1500. The summed E-state index contributed by atoms with van der Waals surface area (Å²) in [7, 11) is 0. The van der Waals surface area contributed by atoms with Gasteiger partial charge in [0, 0.05) is 12.0 Å². The molecule has 1 heterocycles. The van der Waals surface area contributed by atoms with Gasteiger partial charge in [-0.2, -0.15) is 0 Å². The number of aryl methyl sites for hydroxylation is 2. The molecule has 0 atom stereocenters. The Hall–Kier alpha value is -4.19. The van der Waals surface area contributed by atoms with Crippen LogP contribution in [0, 0.1) is 6.92 Å². The maximum absolute atomic E-state index is 13.5. The maximum Gasteiger partial charge on any atom is 0.336 e. The number of aromatic carboxylic acids is 1. The second-order valence-corrected chi connectivity index (χ2v) is 9.23. The first kappa shape index (κ1) is 25.9. The van der Waals surface area contributed by atoms with Crippen LogP contribution in [0.15, 0.2) is 78.1 Å². The molecule has 6 nitrogen and oxygen atoms in total. The fourth-order valence-electron chi connectivity index (χ4n) is 4.45. The molecule has 190 valence electrons. The number of unbranched alkanes of at least 4 members (excludes halogenated alkanes) is 1. The molecule has 0 aliphatic heterocycles. The van der Waals surface area contributed by atoms with Crippen molar-refractivity contribution in [1.29, 1.82) is 0 Å². The molecule has 6 heteroatoms. The summed E-state index contributed by atoms with van der Waals surface area (Å²) < 4.78 is 7.84. The maximum atomic E-state index is 13.5. The summed E-state index contributed by atoms with van der Waals surface area (Å²) in [6, 6.07) is 18.5. The molecule has 0 amide bonds. The molecule has 0 fully saturated rings. The van der Waals surface area contributed by atoms with E-state index in [-0.39, 0.29) is 17.7 Å². The Morgan fingerprint density at radius 1 is 1.11 bits per heavy atom. The SMILES string of the molecule is C=CCc1cc(Cn2c(CCCC)nc3ccc(C)cc3c2=O)ccc1OCc1ccccc1C(=O)O. The Morgan fingerprint density at radius 3 is 2.68 bits per heavy atom. The quantitative estimate of drug-likeness (QED) is 0.254. The van der Waals surface area contributed by atoms with Crippen LogP contribution in [-0.2, 0) is 26.0 Å². The van der Waals surface area contributed by atoms with Crippen molar-refractivity contribution in [3.63, 3.8) is 0 Å². The molecule has 0 radical (unpaired) electrons. The van der Waals surface area contributed by atoms with Gasteiger partial charge in [0.05, 0.1) is 23.0 Å². The number of ether oxygens (including phenoxy) is 1. The Labute approximate surface area is 216 Å².